The van der Waals surface area contributed by atoms with Crippen LogP contribution in [-0.4, -0.2) is 36.7 Å². The summed E-state index contributed by atoms with van der Waals surface area (Å²) in [7, 11) is 0. The van der Waals surface area contributed by atoms with Crippen molar-refractivity contribution in [1.82, 2.24) is 24.9 Å². The van der Waals surface area contributed by atoms with E-state index in [0.29, 0.717) is 0 Å². The molecule has 0 aromatic carbocycles. The van der Waals surface area contributed by atoms with Crippen molar-refractivity contribution in [3.05, 3.63) is 60.2 Å². The van der Waals surface area contributed by atoms with E-state index >= 15 is 0 Å². The van der Waals surface area contributed by atoms with E-state index in [2.05, 4.69) is 24.9 Å². The second kappa shape index (κ2) is 6.66. The molecule has 0 unspecified atom stereocenters. The van der Waals surface area contributed by atoms with Gasteiger partial charge in [-0.1, -0.05) is 0 Å². The van der Waals surface area contributed by atoms with Crippen LogP contribution in [0.2, 0.25) is 0 Å². The van der Waals surface area contributed by atoms with Crippen LogP contribution in [0.1, 0.15) is 20.7 Å². The average Bonchev–Trinajstić information content (AvgIpc) is 2.62. The molecule has 3 heterocycles. The van der Waals surface area contributed by atoms with Gasteiger partial charge in [-0.2, -0.15) is 15.0 Å². The standard InChI is InChI=1S/C15H12N8O2/c16-13-20-14(17)22-15(21-13)23(11(24)9-3-1-5-18-7-9)12(25)10-4-2-6-19-8-10/h1-8H,(H4,16,17,20,21,22). The van der Waals surface area contributed by atoms with Gasteiger partial charge in [-0.15, -0.1) is 0 Å². The fraction of sp³-hybridized carbons (Fsp3) is 0. The molecule has 4 N–H and O–H groups in total. The lowest BCUT2D eigenvalue weighted by Crippen LogP contribution is -2.39. The minimum absolute atomic E-state index is 0.164. The lowest BCUT2D eigenvalue weighted by atomic mass is 10.2. The van der Waals surface area contributed by atoms with Crippen molar-refractivity contribution in [2.75, 3.05) is 16.4 Å². The highest BCUT2D eigenvalue weighted by molar-refractivity contribution is 6.24. The molecule has 3 aromatic heterocycles. The normalized spacial score (nSPS) is 10.2. The molecule has 124 valence electrons. The zero-order chi connectivity index (χ0) is 17.8. The number of pyridine rings is 2. The van der Waals surface area contributed by atoms with Gasteiger partial charge >= 0.3 is 0 Å². The third kappa shape index (κ3) is 3.37. The van der Waals surface area contributed by atoms with Crippen molar-refractivity contribution in [3.8, 4) is 0 Å². The summed E-state index contributed by atoms with van der Waals surface area (Å²) in [6.07, 6.45) is 5.64. The fourth-order valence-corrected chi connectivity index (χ4v) is 2.01. The van der Waals surface area contributed by atoms with E-state index in [1.54, 1.807) is 12.1 Å². The maximum atomic E-state index is 12.8. The van der Waals surface area contributed by atoms with E-state index < -0.39 is 11.8 Å². The Morgan fingerprint density at radius 2 is 1.28 bits per heavy atom. The first kappa shape index (κ1) is 15.9. The molecule has 10 heteroatoms. The highest BCUT2D eigenvalue weighted by atomic mass is 16.2. The van der Waals surface area contributed by atoms with Crippen molar-refractivity contribution >= 4 is 29.7 Å². The van der Waals surface area contributed by atoms with Crippen LogP contribution in [0, 0.1) is 0 Å². The molecule has 3 rings (SSSR count). The van der Waals surface area contributed by atoms with E-state index in [-0.39, 0.29) is 29.0 Å². The van der Waals surface area contributed by atoms with Crippen LogP contribution >= 0.6 is 0 Å². The van der Waals surface area contributed by atoms with Gasteiger partial charge in [-0.3, -0.25) is 19.6 Å². The van der Waals surface area contributed by atoms with Crippen LogP contribution in [0.4, 0.5) is 17.8 Å². The maximum absolute atomic E-state index is 12.8. The molecular formula is C15H12N8O2. The van der Waals surface area contributed by atoms with Crippen molar-refractivity contribution in [1.29, 1.82) is 0 Å². The van der Waals surface area contributed by atoms with Crippen LogP contribution < -0.4 is 16.4 Å². The van der Waals surface area contributed by atoms with Crippen LogP contribution in [0.15, 0.2) is 49.1 Å². The van der Waals surface area contributed by atoms with Crippen LogP contribution in [-0.2, 0) is 0 Å². The summed E-state index contributed by atoms with van der Waals surface area (Å²) in [6, 6.07) is 6.14. The zero-order valence-corrected chi connectivity index (χ0v) is 12.8. The van der Waals surface area contributed by atoms with Gasteiger partial charge in [-0.05, 0) is 24.3 Å². The molecule has 0 fully saturated rings. The predicted octanol–water partition coefficient (Wildman–Crippen LogP) is 0.313. The van der Waals surface area contributed by atoms with Gasteiger partial charge in [0, 0.05) is 24.8 Å². The highest BCUT2D eigenvalue weighted by Gasteiger charge is 2.29. The number of imide groups is 1. The molecule has 0 atom stereocenters. The van der Waals surface area contributed by atoms with Crippen LogP contribution in [0.25, 0.3) is 0 Å². The zero-order valence-electron chi connectivity index (χ0n) is 12.8. The Morgan fingerprint density at radius 3 is 1.68 bits per heavy atom. The summed E-state index contributed by atoms with van der Waals surface area (Å²) in [6.45, 7) is 0. The summed E-state index contributed by atoms with van der Waals surface area (Å²) in [5.41, 5.74) is 11.4. The minimum atomic E-state index is -0.688. The summed E-state index contributed by atoms with van der Waals surface area (Å²) < 4.78 is 0. The van der Waals surface area contributed by atoms with Gasteiger partial charge in [0.15, 0.2) is 0 Å². The number of rotatable bonds is 3. The molecule has 0 radical (unpaired) electrons. The topological polar surface area (TPSA) is 154 Å². The van der Waals surface area contributed by atoms with E-state index in [9.17, 15) is 9.59 Å². The summed E-state index contributed by atoms with van der Waals surface area (Å²) in [5.74, 6) is -2.09. The number of hydrogen-bond acceptors (Lipinski definition) is 9. The smallest absolute Gasteiger partial charge is 0.269 e. The Kier molecular flexibility index (Phi) is 4.24. The quantitative estimate of drug-likeness (QED) is 0.643. The van der Waals surface area contributed by atoms with Crippen molar-refractivity contribution in [2.45, 2.75) is 0 Å². The van der Waals surface area contributed by atoms with Crippen molar-refractivity contribution in [2.24, 2.45) is 0 Å². The largest absolute Gasteiger partial charge is 0.368 e. The summed E-state index contributed by atoms with van der Waals surface area (Å²) in [4.78, 5) is 45.5. The molecule has 0 bridgehead atoms. The molecule has 0 spiro atoms. The SMILES string of the molecule is Nc1nc(N)nc(N(C(=O)c2cccnc2)C(=O)c2cccnc2)n1. The third-order valence-corrected chi connectivity index (χ3v) is 3.08. The molecule has 10 nitrogen and oxygen atoms in total. The molecule has 0 saturated heterocycles. The number of nitrogens with zero attached hydrogens (tertiary/aromatic N) is 6. The number of amides is 2. The first-order chi connectivity index (χ1) is 12.1. The van der Waals surface area contributed by atoms with Crippen LogP contribution in [0.5, 0.6) is 0 Å². The number of hydrogen-bond donors (Lipinski definition) is 2. The lowest BCUT2D eigenvalue weighted by molar-refractivity contribution is 0.0895. The van der Waals surface area contributed by atoms with E-state index in [4.69, 9.17) is 11.5 Å². The second-order valence-electron chi connectivity index (χ2n) is 4.78. The number of carbonyl (C=O) groups is 2. The molecule has 0 saturated carbocycles. The highest BCUT2D eigenvalue weighted by Crippen LogP contribution is 2.17. The van der Waals surface area contributed by atoms with Crippen molar-refractivity contribution in [3.63, 3.8) is 0 Å². The van der Waals surface area contributed by atoms with Gasteiger partial charge in [0.25, 0.3) is 11.8 Å². The molecular weight excluding hydrogens is 324 g/mol. The molecule has 3 aromatic rings. The maximum Gasteiger partial charge on any atom is 0.269 e. The second-order valence-corrected chi connectivity index (χ2v) is 4.78. The monoisotopic (exact) mass is 336 g/mol. The number of aromatic nitrogens is 5. The number of anilines is 3. The molecule has 2 amide bonds. The summed E-state index contributed by atoms with van der Waals surface area (Å²) >= 11 is 0. The van der Waals surface area contributed by atoms with Crippen LogP contribution in [0.3, 0.4) is 0 Å². The fourth-order valence-electron chi connectivity index (χ4n) is 2.01. The first-order valence-electron chi connectivity index (χ1n) is 7.02. The Labute approximate surface area is 141 Å². The van der Waals surface area contributed by atoms with Gasteiger partial charge in [0.2, 0.25) is 17.8 Å². The van der Waals surface area contributed by atoms with Gasteiger partial charge < -0.3 is 11.5 Å². The van der Waals surface area contributed by atoms with Crippen molar-refractivity contribution < 1.29 is 9.59 Å². The Bertz CT molecular complexity index is 846. The number of nitrogens with two attached hydrogens (primary N) is 2. The lowest BCUT2D eigenvalue weighted by Gasteiger charge is -2.19. The Morgan fingerprint density at radius 1 is 0.800 bits per heavy atom. The van der Waals surface area contributed by atoms with Gasteiger partial charge in [0.1, 0.15) is 0 Å². The molecule has 0 aliphatic carbocycles. The minimum Gasteiger partial charge on any atom is -0.368 e. The van der Waals surface area contributed by atoms with E-state index in [1.165, 1.54) is 36.9 Å². The molecule has 0 aliphatic heterocycles. The third-order valence-electron chi connectivity index (χ3n) is 3.08. The Balaban J connectivity index is 2.11. The van der Waals surface area contributed by atoms with E-state index in [1.807, 2.05) is 0 Å². The Hall–Kier alpha value is -3.95. The predicted molar refractivity (Wildman–Crippen MR) is 88.3 cm³/mol. The molecule has 25 heavy (non-hydrogen) atoms. The summed E-state index contributed by atoms with van der Waals surface area (Å²) in [5, 5.41) is 0. The van der Waals surface area contributed by atoms with Gasteiger partial charge in [-0.25, -0.2) is 4.90 Å². The number of carbonyl (C=O) groups excluding carboxylic acids is 2. The molecule has 0 aliphatic rings. The number of nitrogen functional groups attached to an aromatic ring is 2. The first-order valence-corrected chi connectivity index (χ1v) is 7.02. The average molecular weight is 336 g/mol. The van der Waals surface area contributed by atoms with E-state index in [0.717, 1.165) is 4.90 Å². The van der Waals surface area contributed by atoms with Gasteiger partial charge in [0.05, 0.1) is 11.1 Å².